The highest BCUT2D eigenvalue weighted by Gasteiger charge is 2.19. The van der Waals surface area contributed by atoms with E-state index in [2.05, 4.69) is 17.6 Å². The monoisotopic (exact) mass is 208 g/mol. The van der Waals surface area contributed by atoms with E-state index >= 15 is 0 Å². The zero-order chi connectivity index (χ0) is 10.5. The van der Waals surface area contributed by atoms with Crippen molar-refractivity contribution >= 4 is 0 Å². The molecule has 1 aromatic rings. The Morgan fingerprint density at radius 3 is 3.27 bits per heavy atom. The van der Waals surface area contributed by atoms with E-state index in [4.69, 9.17) is 4.42 Å². The minimum absolute atomic E-state index is 0.619. The average Bonchev–Trinajstić information content (AvgIpc) is 2.74. The van der Waals surface area contributed by atoms with Gasteiger partial charge in [-0.25, -0.2) is 0 Å². The van der Waals surface area contributed by atoms with Crippen LogP contribution in [0.25, 0.3) is 0 Å². The molecule has 2 atom stereocenters. The summed E-state index contributed by atoms with van der Waals surface area (Å²) in [6.07, 6.45) is 4.38. The molecule has 15 heavy (non-hydrogen) atoms. The molecule has 1 fully saturated rings. The molecule has 0 spiro atoms. The van der Waals surface area contributed by atoms with Gasteiger partial charge in [-0.05, 0) is 37.4 Å². The first-order valence-corrected chi connectivity index (χ1v) is 5.83. The maximum absolute atomic E-state index is 5.27. The minimum atomic E-state index is 0.619. The highest BCUT2D eigenvalue weighted by atomic mass is 16.3. The van der Waals surface area contributed by atoms with E-state index in [-0.39, 0.29) is 0 Å². The van der Waals surface area contributed by atoms with Crippen molar-refractivity contribution in [2.45, 2.75) is 32.4 Å². The Balaban J connectivity index is 1.68. The Labute approximate surface area is 91.2 Å². The van der Waals surface area contributed by atoms with Gasteiger partial charge in [0.2, 0.25) is 0 Å². The zero-order valence-corrected chi connectivity index (χ0v) is 9.33. The summed E-state index contributed by atoms with van der Waals surface area (Å²) < 4.78 is 5.27. The molecule has 1 aromatic heterocycles. The topological polar surface area (TPSA) is 37.2 Å². The summed E-state index contributed by atoms with van der Waals surface area (Å²) in [7, 11) is 0. The SMILES string of the molecule is CC1CCCNC1CNCc1ccco1. The van der Waals surface area contributed by atoms with Crippen molar-refractivity contribution in [3.05, 3.63) is 24.2 Å². The van der Waals surface area contributed by atoms with Crippen LogP contribution >= 0.6 is 0 Å². The molecular weight excluding hydrogens is 188 g/mol. The Morgan fingerprint density at radius 2 is 2.53 bits per heavy atom. The Bertz CT molecular complexity index is 271. The number of furan rings is 1. The summed E-state index contributed by atoms with van der Waals surface area (Å²) in [6.45, 7) is 5.35. The van der Waals surface area contributed by atoms with Gasteiger partial charge in [-0.1, -0.05) is 6.92 Å². The van der Waals surface area contributed by atoms with Crippen molar-refractivity contribution in [2.75, 3.05) is 13.1 Å². The fourth-order valence-corrected chi connectivity index (χ4v) is 2.15. The molecule has 0 aromatic carbocycles. The molecule has 1 aliphatic heterocycles. The summed E-state index contributed by atoms with van der Waals surface area (Å²) in [5, 5.41) is 6.99. The lowest BCUT2D eigenvalue weighted by Crippen LogP contribution is -2.46. The quantitative estimate of drug-likeness (QED) is 0.791. The van der Waals surface area contributed by atoms with Gasteiger partial charge >= 0.3 is 0 Å². The predicted molar refractivity (Wildman–Crippen MR) is 60.6 cm³/mol. The molecule has 3 heteroatoms. The Hall–Kier alpha value is -0.800. The molecule has 0 saturated carbocycles. The summed E-state index contributed by atoms with van der Waals surface area (Å²) in [6, 6.07) is 4.55. The highest BCUT2D eigenvalue weighted by molar-refractivity contribution is 4.97. The second-order valence-electron chi connectivity index (χ2n) is 4.39. The van der Waals surface area contributed by atoms with Crippen molar-refractivity contribution in [3.8, 4) is 0 Å². The fourth-order valence-electron chi connectivity index (χ4n) is 2.15. The summed E-state index contributed by atoms with van der Waals surface area (Å²) in [5.41, 5.74) is 0. The molecule has 84 valence electrons. The van der Waals surface area contributed by atoms with Gasteiger partial charge in [-0.2, -0.15) is 0 Å². The lowest BCUT2D eigenvalue weighted by Gasteiger charge is -2.30. The molecule has 0 bridgehead atoms. The van der Waals surface area contributed by atoms with Gasteiger partial charge < -0.3 is 15.1 Å². The van der Waals surface area contributed by atoms with Gasteiger partial charge in [-0.3, -0.25) is 0 Å². The number of rotatable bonds is 4. The van der Waals surface area contributed by atoms with Crippen LogP contribution < -0.4 is 10.6 Å². The maximum Gasteiger partial charge on any atom is 0.117 e. The standard InChI is InChI=1S/C12H20N2O/c1-10-4-2-6-14-12(10)9-13-8-11-5-3-7-15-11/h3,5,7,10,12-14H,2,4,6,8-9H2,1H3. The van der Waals surface area contributed by atoms with Gasteiger partial charge in [0.1, 0.15) is 5.76 Å². The number of piperidine rings is 1. The van der Waals surface area contributed by atoms with Gasteiger partial charge in [0, 0.05) is 12.6 Å². The molecule has 3 nitrogen and oxygen atoms in total. The lowest BCUT2D eigenvalue weighted by atomic mass is 9.93. The van der Waals surface area contributed by atoms with E-state index in [9.17, 15) is 0 Å². The van der Waals surface area contributed by atoms with Crippen LogP contribution in [0.1, 0.15) is 25.5 Å². The summed E-state index contributed by atoms with van der Waals surface area (Å²) >= 11 is 0. The van der Waals surface area contributed by atoms with Gasteiger partial charge in [0.25, 0.3) is 0 Å². The largest absolute Gasteiger partial charge is 0.468 e. The van der Waals surface area contributed by atoms with Crippen molar-refractivity contribution in [3.63, 3.8) is 0 Å². The first-order chi connectivity index (χ1) is 7.36. The molecule has 1 aliphatic rings. The van der Waals surface area contributed by atoms with Crippen LogP contribution in [0.3, 0.4) is 0 Å². The number of hydrogen-bond donors (Lipinski definition) is 2. The second-order valence-corrected chi connectivity index (χ2v) is 4.39. The fraction of sp³-hybridized carbons (Fsp3) is 0.667. The van der Waals surface area contributed by atoms with Crippen LogP contribution in [0.5, 0.6) is 0 Å². The Morgan fingerprint density at radius 1 is 1.60 bits per heavy atom. The molecule has 2 rings (SSSR count). The normalized spacial score (nSPS) is 26.7. The van der Waals surface area contributed by atoms with Crippen LogP contribution in [0.15, 0.2) is 22.8 Å². The van der Waals surface area contributed by atoms with Crippen molar-refractivity contribution in [1.29, 1.82) is 0 Å². The number of nitrogens with one attached hydrogen (secondary N) is 2. The van der Waals surface area contributed by atoms with Crippen molar-refractivity contribution in [2.24, 2.45) is 5.92 Å². The maximum atomic E-state index is 5.27. The van der Waals surface area contributed by atoms with Crippen LogP contribution in [0.4, 0.5) is 0 Å². The van der Waals surface area contributed by atoms with E-state index in [1.54, 1.807) is 6.26 Å². The molecule has 0 amide bonds. The molecule has 2 N–H and O–H groups in total. The first kappa shape index (κ1) is 10.7. The second kappa shape index (κ2) is 5.33. The third kappa shape index (κ3) is 3.08. The lowest BCUT2D eigenvalue weighted by molar-refractivity contribution is 0.288. The highest BCUT2D eigenvalue weighted by Crippen LogP contribution is 2.14. The van der Waals surface area contributed by atoms with E-state index in [1.807, 2.05) is 12.1 Å². The first-order valence-electron chi connectivity index (χ1n) is 5.83. The minimum Gasteiger partial charge on any atom is -0.468 e. The molecular formula is C12H20N2O. The van der Waals surface area contributed by atoms with Crippen molar-refractivity contribution < 1.29 is 4.42 Å². The van der Waals surface area contributed by atoms with Crippen LogP contribution in [-0.2, 0) is 6.54 Å². The van der Waals surface area contributed by atoms with Crippen LogP contribution in [-0.4, -0.2) is 19.1 Å². The third-order valence-electron chi connectivity index (χ3n) is 3.17. The van der Waals surface area contributed by atoms with E-state index in [0.29, 0.717) is 6.04 Å². The summed E-state index contributed by atoms with van der Waals surface area (Å²) in [5.74, 6) is 1.79. The van der Waals surface area contributed by atoms with Crippen LogP contribution in [0.2, 0.25) is 0 Å². The van der Waals surface area contributed by atoms with Gasteiger partial charge in [0.15, 0.2) is 0 Å². The molecule has 0 aliphatic carbocycles. The molecule has 2 unspecified atom stereocenters. The smallest absolute Gasteiger partial charge is 0.117 e. The third-order valence-corrected chi connectivity index (χ3v) is 3.17. The zero-order valence-electron chi connectivity index (χ0n) is 9.33. The Kier molecular flexibility index (Phi) is 3.80. The van der Waals surface area contributed by atoms with Gasteiger partial charge in [-0.15, -0.1) is 0 Å². The average molecular weight is 208 g/mol. The molecule has 1 saturated heterocycles. The van der Waals surface area contributed by atoms with E-state index in [1.165, 1.54) is 12.8 Å². The number of hydrogen-bond acceptors (Lipinski definition) is 3. The van der Waals surface area contributed by atoms with Crippen molar-refractivity contribution in [1.82, 2.24) is 10.6 Å². The van der Waals surface area contributed by atoms with Crippen LogP contribution in [0, 0.1) is 5.92 Å². The molecule has 0 radical (unpaired) electrons. The van der Waals surface area contributed by atoms with E-state index < -0.39 is 0 Å². The molecule has 2 heterocycles. The predicted octanol–water partition coefficient (Wildman–Crippen LogP) is 1.76. The summed E-state index contributed by atoms with van der Waals surface area (Å²) in [4.78, 5) is 0. The van der Waals surface area contributed by atoms with E-state index in [0.717, 1.165) is 31.3 Å². The van der Waals surface area contributed by atoms with Gasteiger partial charge in [0.05, 0.1) is 12.8 Å².